The number of hydrogen-bond acceptors (Lipinski definition) is 1. The van der Waals surface area contributed by atoms with Crippen molar-refractivity contribution in [3.63, 3.8) is 0 Å². The maximum atomic E-state index is 12.1. The fraction of sp³-hybridized carbons (Fsp3) is 0.435. The van der Waals surface area contributed by atoms with Gasteiger partial charge >= 0.3 is 0 Å². The normalized spacial score (nSPS) is 7.75. The minimum atomic E-state index is 0.0833. The molecule has 0 aromatic heterocycles. The van der Waals surface area contributed by atoms with E-state index in [1.165, 1.54) is 11.1 Å². The van der Waals surface area contributed by atoms with Crippen LogP contribution in [0.4, 0.5) is 0 Å². The van der Waals surface area contributed by atoms with E-state index < -0.39 is 0 Å². The molecule has 0 bridgehead atoms. The number of rotatable bonds is 2. The van der Waals surface area contributed by atoms with Crippen LogP contribution in [0.5, 0.6) is 0 Å². The quantitative estimate of drug-likeness (QED) is 0.517. The van der Waals surface area contributed by atoms with Gasteiger partial charge in [-0.15, -0.1) is 0 Å². The molecule has 0 fully saturated rings. The molecule has 2 aromatic carbocycles. The van der Waals surface area contributed by atoms with Gasteiger partial charge in [0.1, 0.15) is 0 Å². The summed E-state index contributed by atoms with van der Waals surface area (Å²) < 4.78 is 0. The molecule has 0 saturated carbocycles. The van der Waals surface area contributed by atoms with Crippen LogP contribution in [-0.4, -0.2) is 5.78 Å². The van der Waals surface area contributed by atoms with E-state index in [0.29, 0.717) is 0 Å². The van der Waals surface area contributed by atoms with Crippen molar-refractivity contribution in [2.45, 2.75) is 69.2 Å². The van der Waals surface area contributed by atoms with Crippen LogP contribution in [0.15, 0.2) is 48.5 Å². The molecule has 0 aliphatic rings. The van der Waals surface area contributed by atoms with E-state index in [2.05, 4.69) is 0 Å². The Kier molecular flexibility index (Phi) is 21.5. The van der Waals surface area contributed by atoms with Crippen LogP contribution in [0.1, 0.15) is 82.4 Å². The first-order valence-corrected chi connectivity index (χ1v) is 9.35. The molecular formula is C23H38O. The molecule has 0 spiro atoms. The van der Waals surface area contributed by atoms with Crippen LogP contribution < -0.4 is 0 Å². The molecule has 0 aliphatic heterocycles. The molecule has 0 N–H and O–H groups in total. The highest BCUT2D eigenvalue weighted by molar-refractivity contribution is 6.08. The van der Waals surface area contributed by atoms with E-state index in [1.807, 2.05) is 118 Å². The van der Waals surface area contributed by atoms with E-state index in [0.717, 1.165) is 11.1 Å². The third-order valence-corrected chi connectivity index (χ3v) is 2.63. The predicted octanol–water partition coefficient (Wildman–Crippen LogP) is 7.64. The Bertz CT molecular complexity index is 445. The minimum absolute atomic E-state index is 0.0833. The SMILES string of the molecule is CC.CC.CC.CC.Cc1ccc(C(=O)c2ccc(C)cc2)cc1. The smallest absolute Gasteiger partial charge is 0.193 e. The summed E-state index contributed by atoms with van der Waals surface area (Å²) in [5.41, 5.74) is 3.82. The summed E-state index contributed by atoms with van der Waals surface area (Å²) in [6.45, 7) is 20.0. The van der Waals surface area contributed by atoms with Crippen LogP contribution >= 0.6 is 0 Å². The monoisotopic (exact) mass is 330 g/mol. The molecule has 0 unspecified atom stereocenters. The Balaban J connectivity index is -0.000000484. The third-order valence-electron chi connectivity index (χ3n) is 2.63. The molecule has 2 rings (SSSR count). The Morgan fingerprint density at radius 2 is 0.708 bits per heavy atom. The van der Waals surface area contributed by atoms with Gasteiger partial charge in [0, 0.05) is 11.1 Å². The van der Waals surface area contributed by atoms with Crippen molar-refractivity contribution in [3.8, 4) is 0 Å². The van der Waals surface area contributed by atoms with Gasteiger partial charge in [-0.05, 0) is 13.8 Å². The Hall–Kier alpha value is -1.89. The third kappa shape index (κ3) is 10.8. The second-order valence-electron chi connectivity index (χ2n) is 4.06. The summed E-state index contributed by atoms with van der Waals surface area (Å²) in [5, 5.41) is 0. The van der Waals surface area contributed by atoms with Gasteiger partial charge in [-0.1, -0.05) is 115 Å². The molecule has 0 atom stereocenters. The number of aryl methyl sites for hydroxylation is 2. The van der Waals surface area contributed by atoms with Crippen molar-refractivity contribution in [2.24, 2.45) is 0 Å². The molecule has 0 saturated heterocycles. The Morgan fingerprint density at radius 3 is 0.917 bits per heavy atom. The van der Waals surface area contributed by atoms with Crippen LogP contribution in [0, 0.1) is 13.8 Å². The summed E-state index contributed by atoms with van der Waals surface area (Å²) in [4.78, 5) is 12.1. The van der Waals surface area contributed by atoms with Gasteiger partial charge < -0.3 is 0 Å². The zero-order valence-corrected chi connectivity index (χ0v) is 17.5. The molecule has 24 heavy (non-hydrogen) atoms. The number of carbonyl (C=O) groups is 1. The van der Waals surface area contributed by atoms with E-state index in [9.17, 15) is 4.79 Å². The highest BCUT2D eigenvalue weighted by atomic mass is 16.1. The second kappa shape index (κ2) is 19.2. The van der Waals surface area contributed by atoms with Gasteiger partial charge in [0.15, 0.2) is 5.78 Å². The predicted molar refractivity (Wildman–Crippen MR) is 111 cm³/mol. The highest BCUT2D eigenvalue weighted by Gasteiger charge is 2.07. The van der Waals surface area contributed by atoms with E-state index in [4.69, 9.17) is 0 Å². The van der Waals surface area contributed by atoms with Gasteiger partial charge in [-0.2, -0.15) is 0 Å². The Morgan fingerprint density at radius 1 is 0.500 bits per heavy atom. The van der Waals surface area contributed by atoms with Gasteiger partial charge in [-0.3, -0.25) is 4.79 Å². The lowest BCUT2D eigenvalue weighted by Crippen LogP contribution is -2.00. The summed E-state index contributed by atoms with van der Waals surface area (Å²) in [5.74, 6) is 0.0833. The molecule has 1 heteroatoms. The Labute approximate surface area is 151 Å². The van der Waals surface area contributed by atoms with Gasteiger partial charge in [0.25, 0.3) is 0 Å². The summed E-state index contributed by atoms with van der Waals surface area (Å²) in [7, 11) is 0. The number of benzene rings is 2. The zero-order valence-electron chi connectivity index (χ0n) is 17.5. The maximum absolute atomic E-state index is 12.1. The summed E-state index contributed by atoms with van der Waals surface area (Å²) in [6, 6.07) is 15.3. The fourth-order valence-electron chi connectivity index (χ4n) is 1.58. The molecule has 1 nitrogen and oxygen atoms in total. The lowest BCUT2D eigenvalue weighted by molar-refractivity contribution is 0.103. The number of hydrogen-bond donors (Lipinski definition) is 0. The molecule has 0 heterocycles. The first kappa shape index (κ1) is 27.0. The van der Waals surface area contributed by atoms with Crippen molar-refractivity contribution in [2.75, 3.05) is 0 Å². The number of ketones is 1. The van der Waals surface area contributed by atoms with E-state index in [1.54, 1.807) is 0 Å². The molecule has 2 aromatic rings. The average molecular weight is 331 g/mol. The van der Waals surface area contributed by atoms with E-state index in [-0.39, 0.29) is 5.78 Å². The zero-order chi connectivity index (χ0) is 19.5. The molecule has 0 aliphatic carbocycles. The van der Waals surface area contributed by atoms with Crippen molar-refractivity contribution >= 4 is 5.78 Å². The summed E-state index contributed by atoms with van der Waals surface area (Å²) in [6.07, 6.45) is 0. The average Bonchev–Trinajstić information content (AvgIpc) is 2.69. The first-order chi connectivity index (χ1) is 11.7. The maximum Gasteiger partial charge on any atom is 0.193 e. The van der Waals surface area contributed by atoms with Gasteiger partial charge in [0.2, 0.25) is 0 Å². The van der Waals surface area contributed by atoms with Crippen molar-refractivity contribution in [3.05, 3.63) is 70.8 Å². The van der Waals surface area contributed by atoms with Crippen molar-refractivity contribution in [1.82, 2.24) is 0 Å². The first-order valence-electron chi connectivity index (χ1n) is 9.35. The highest BCUT2D eigenvalue weighted by Crippen LogP contribution is 2.11. The van der Waals surface area contributed by atoms with Gasteiger partial charge in [0.05, 0.1) is 0 Å². The molecule has 0 amide bonds. The van der Waals surface area contributed by atoms with Crippen molar-refractivity contribution in [1.29, 1.82) is 0 Å². The van der Waals surface area contributed by atoms with E-state index >= 15 is 0 Å². The van der Waals surface area contributed by atoms with Crippen molar-refractivity contribution < 1.29 is 4.79 Å². The summed E-state index contributed by atoms with van der Waals surface area (Å²) >= 11 is 0. The van der Waals surface area contributed by atoms with Gasteiger partial charge in [-0.25, -0.2) is 0 Å². The molecule has 0 radical (unpaired) electrons. The minimum Gasteiger partial charge on any atom is -0.289 e. The van der Waals surface area contributed by atoms with Crippen LogP contribution in [0.3, 0.4) is 0 Å². The molecule has 136 valence electrons. The fourth-order valence-corrected chi connectivity index (χ4v) is 1.58. The lowest BCUT2D eigenvalue weighted by atomic mass is 10.0. The lowest BCUT2D eigenvalue weighted by Gasteiger charge is -2.02. The van der Waals surface area contributed by atoms with Crippen LogP contribution in [0.25, 0.3) is 0 Å². The molecular weight excluding hydrogens is 292 g/mol. The standard InChI is InChI=1S/C15H14O.4C2H6/c1-11-3-7-13(8-4-11)15(16)14-9-5-12(2)6-10-14;4*1-2/h3-10H,1-2H3;4*1-2H3. The second-order valence-corrected chi connectivity index (χ2v) is 4.06. The van der Waals surface area contributed by atoms with Crippen LogP contribution in [0.2, 0.25) is 0 Å². The largest absolute Gasteiger partial charge is 0.289 e. The van der Waals surface area contributed by atoms with Crippen LogP contribution in [-0.2, 0) is 0 Å². The number of carbonyl (C=O) groups excluding carboxylic acids is 1. The topological polar surface area (TPSA) is 17.1 Å².